The summed E-state index contributed by atoms with van der Waals surface area (Å²) in [6, 6.07) is 0. The molecule has 0 aromatic heterocycles. The Bertz CT molecular complexity index is 127. The van der Waals surface area contributed by atoms with Crippen LogP contribution in [0.4, 0.5) is 0 Å². The Balaban J connectivity index is 3.37. The molecule has 0 aliphatic heterocycles. The molecule has 0 amide bonds. The van der Waals surface area contributed by atoms with Crippen molar-refractivity contribution in [3.8, 4) is 12.3 Å². The standard InChI is InChI=1S/C11H18/c1-4-7-8-10-11(6-3)9-5-2/h3,5,11H,2,4,7-10H2,1H3/t11-/m0/s1. The van der Waals surface area contributed by atoms with Gasteiger partial charge in [-0.05, 0) is 12.8 Å². The van der Waals surface area contributed by atoms with Crippen molar-refractivity contribution in [3.63, 3.8) is 0 Å². The number of rotatable bonds is 6. The van der Waals surface area contributed by atoms with Gasteiger partial charge in [0.25, 0.3) is 0 Å². The van der Waals surface area contributed by atoms with Crippen molar-refractivity contribution in [2.24, 2.45) is 5.92 Å². The number of terminal acetylenes is 1. The van der Waals surface area contributed by atoms with Gasteiger partial charge in [-0.1, -0.05) is 32.3 Å². The van der Waals surface area contributed by atoms with E-state index in [0.717, 1.165) is 12.8 Å². The van der Waals surface area contributed by atoms with E-state index in [0.29, 0.717) is 5.92 Å². The SMILES string of the molecule is C#C[C@@H](CC=C)CCCCC. The molecular weight excluding hydrogens is 132 g/mol. The van der Waals surface area contributed by atoms with Crippen LogP contribution in [0, 0.1) is 18.3 Å². The minimum absolute atomic E-state index is 0.430. The quantitative estimate of drug-likeness (QED) is 0.309. The van der Waals surface area contributed by atoms with Gasteiger partial charge in [0.05, 0.1) is 0 Å². The van der Waals surface area contributed by atoms with E-state index in [-0.39, 0.29) is 0 Å². The summed E-state index contributed by atoms with van der Waals surface area (Å²) in [7, 11) is 0. The van der Waals surface area contributed by atoms with E-state index in [1.165, 1.54) is 19.3 Å². The lowest BCUT2D eigenvalue weighted by molar-refractivity contribution is 0.559. The molecule has 0 nitrogen and oxygen atoms in total. The fourth-order valence-corrected chi connectivity index (χ4v) is 1.11. The van der Waals surface area contributed by atoms with Crippen LogP contribution in [0.2, 0.25) is 0 Å². The third-order valence-electron chi connectivity index (χ3n) is 1.84. The van der Waals surface area contributed by atoms with Crippen LogP contribution < -0.4 is 0 Å². The highest BCUT2D eigenvalue weighted by Crippen LogP contribution is 2.12. The number of unbranched alkanes of at least 4 members (excludes halogenated alkanes) is 2. The van der Waals surface area contributed by atoms with Crippen molar-refractivity contribution in [2.45, 2.75) is 39.0 Å². The van der Waals surface area contributed by atoms with E-state index in [1.54, 1.807) is 0 Å². The predicted octanol–water partition coefficient (Wildman–Crippen LogP) is 3.39. The van der Waals surface area contributed by atoms with Gasteiger partial charge in [0.2, 0.25) is 0 Å². The van der Waals surface area contributed by atoms with Gasteiger partial charge in [-0.25, -0.2) is 0 Å². The second kappa shape index (κ2) is 7.41. The lowest BCUT2D eigenvalue weighted by Crippen LogP contribution is -1.94. The molecular formula is C11H18. The van der Waals surface area contributed by atoms with Gasteiger partial charge in [0, 0.05) is 5.92 Å². The zero-order valence-corrected chi connectivity index (χ0v) is 7.47. The number of hydrogen-bond acceptors (Lipinski definition) is 0. The Morgan fingerprint density at radius 1 is 1.55 bits per heavy atom. The summed E-state index contributed by atoms with van der Waals surface area (Å²) in [4.78, 5) is 0. The van der Waals surface area contributed by atoms with Crippen LogP contribution in [0.5, 0.6) is 0 Å². The van der Waals surface area contributed by atoms with Gasteiger partial charge in [-0.15, -0.1) is 18.9 Å². The highest BCUT2D eigenvalue weighted by molar-refractivity contribution is 4.95. The fraction of sp³-hybridized carbons (Fsp3) is 0.636. The Morgan fingerprint density at radius 2 is 2.27 bits per heavy atom. The molecule has 0 bridgehead atoms. The van der Waals surface area contributed by atoms with Gasteiger partial charge in [-0.2, -0.15) is 0 Å². The summed E-state index contributed by atoms with van der Waals surface area (Å²) in [5.74, 6) is 3.22. The molecule has 62 valence electrons. The van der Waals surface area contributed by atoms with Crippen molar-refractivity contribution in [1.29, 1.82) is 0 Å². The molecule has 0 radical (unpaired) electrons. The van der Waals surface area contributed by atoms with Crippen LogP contribution in [0.25, 0.3) is 0 Å². The fourth-order valence-electron chi connectivity index (χ4n) is 1.11. The van der Waals surface area contributed by atoms with Crippen molar-refractivity contribution < 1.29 is 0 Å². The zero-order chi connectivity index (χ0) is 8.53. The molecule has 0 aliphatic carbocycles. The topological polar surface area (TPSA) is 0 Å². The van der Waals surface area contributed by atoms with E-state index in [2.05, 4.69) is 19.4 Å². The molecule has 0 saturated heterocycles. The van der Waals surface area contributed by atoms with Crippen LogP contribution in [-0.2, 0) is 0 Å². The average molecular weight is 150 g/mol. The normalized spacial score (nSPS) is 12.0. The Hall–Kier alpha value is -0.700. The Kier molecular flexibility index (Phi) is 6.94. The smallest absolute Gasteiger partial charge is 0.0234 e. The summed E-state index contributed by atoms with van der Waals surface area (Å²) < 4.78 is 0. The minimum Gasteiger partial charge on any atom is -0.120 e. The van der Waals surface area contributed by atoms with Crippen molar-refractivity contribution >= 4 is 0 Å². The molecule has 0 heterocycles. The summed E-state index contributed by atoms with van der Waals surface area (Å²) in [6.07, 6.45) is 13.2. The molecule has 0 unspecified atom stereocenters. The molecule has 0 aromatic carbocycles. The summed E-state index contributed by atoms with van der Waals surface area (Å²) in [5, 5.41) is 0. The minimum atomic E-state index is 0.430. The Morgan fingerprint density at radius 3 is 2.73 bits per heavy atom. The van der Waals surface area contributed by atoms with Crippen LogP contribution in [0.3, 0.4) is 0 Å². The van der Waals surface area contributed by atoms with E-state index in [4.69, 9.17) is 6.42 Å². The lowest BCUT2D eigenvalue weighted by atomic mass is 9.99. The highest BCUT2D eigenvalue weighted by atomic mass is 14.0. The van der Waals surface area contributed by atoms with Gasteiger partial charge >= 0.3 is 0 Å². The van der Waals surface area contributed by atoms with Crippen LogP contribution in [0.1, 0.15) is 39.0 Å². The van der Waals surface area contributed by atoms with E-state index in [9.17, 15) is 0 Å². The molecule has 0 aromatic rings. The van der Waals surface area contributed by atoms with Gasteiger partial charge in [0.1, 0.15) is 0 Å². The van der Waals surface area contributed by atoms with Gasteiger partial charge < -0.3 is 0 Å². The zero-order valence-electron chi connectivity index (χ0n) is 7.47. The van der Waals surface area contributed by atoms with Gasteiger partial charge in [0.15, 0.2) is 0 Å². The summed E-state index contributed by atoms with van der Waals surface area (Å²) in [6.45, 7) is 5.89. The maximum atomic E-state index is 5.34. The molecule has 0 rings (SSSR count). The second-order valence-corrected chi connectivity index (χ2v) is 2.88. The molecule has 1 atom stereocenters. The number of hydrogen-bond donors (Lipinski definition) is 0. The van der Waals surface area contributed by atoms with Crippen LogP contribution >= 0.6 is 0 Å². The molecule has 0 heteroatoms. The third kappa shape index (κ3) is 5.73. The third-order valence-corrected chi connectivity index (χ3v) is 1.84. The molecule has 0 saturated carbocycles. The van der Waals surface area contributed by atoms with E-state index >= 15 is 0 Å². The second-order valence-electron chi connectivity index (χ2n) is 2.88. The average Bonchev–Trinajstić information content (AvgIpc) is 2.03. The largest absolute Gasteiger partial charge is 0.120 e. The van der Waals surface area contributed by atoms with Gasteiger partial charge in [-0.3, -0.25) is 0 Å². The van der Waals surface area contributed by atoms with Crippen molar-refractivity contribution in [2.75, 3.05) is 0 Å². The van der Waals surface area contributed by atoms with E-state index < -0.39 is 0 Å². The molecule has 0 N–H and O–H groups in total. The summed E-state index contributed by atoms with van der Waals surface area (Å²) in [5.41, 5.74) is 0. The van der Waals surface area contributed by atoms with Crippen LogP contribution in [-0.4, -0.2) is 0 Å². The molecule has 0 spiro atoms. The first-order valence-electron chi connectivity index (χ1n) is 4.42. The molecule has 11 heavy (non-hydrogen) atoms. The molecule has 0 aliphatic rings. The monoisotopic (exact) mass is 150 g/mol. The maximum absolute atomic E-state index is 5.34. The number of allylic oxidation sites excluding steroid dienone is 1. The van der Waals surface area contributed by atoms with Crippen molar-refractivity contribution in [3.05, 3.63) is 12.7 Å². The lowest BCUT2D eigenvalue weighted by Gasteiger charge is -2.05. The first kappa shape index (κ1) is 10.3. The highest BCUT2D eigenvalue weighted by Gasteiger charge is 2.00. The first-order chi connectivity index (χ1) is 5.35. The first-order valence-corrected chi connectivity index (χ1v) is 4.42. The van der Waals surface area contributed by atoms with Crippen LogP contribution in [0.15, 0.2) is 12.7 Å². The summed E-state index contributed by atoms with van der Waals surface area (Å²) >= 11 is 0. The maximum Gasteiger partial charge on any atom is 0.0234 e. The molecule has 0 fully saturated rings. The van der Waals surface area contributed by atoms with E-state index in [1.807, 2.05) is 6.08 Å². The van der Waals surface area contributed by atoms with Crippen molar-refractivity contribution in [1.82, 2.24) is 0 Å². The predicted molar refractivity (Wildman–Crippen MR) is 51.3 cm³/mol. The Labute approximate surface area is 70.7 Å².